The Morgan fingerprint density at radius 2 is 2.08 bits per heavy atom. The van der Waals surface area contributed by atoms with Crippen molar-refractivity contribution in [1.82, 2.24) is 25.3 Å². The van der Waals surface area contributed by atoms with Gasteiger partial charge in [-0.3, -0.25) is 5.10 Å². The lowest BCUT2D eigenvalue weighted by molar-refractivity contribution is 0.375. The second-order valence-electron chi connectivity index (χ2n) is 5.20. The summed E-state index contributed by atoms with van der Waals surface area (Å²) in [5.74, 6) is 3.25. The Morgan fingerprint density at radius 1 is 1.24 bits per heavy atom. The van der Waals surface area contributed by atoms with E-state index >= 15 is 0 Å². The Labute approximate surface area is 149 Å². The van der Waals surface area contributed by atoms with Gasteiger partial charge < -0.3 is 14.0 Å². The molecule has 9 heteroatoms. The van der Waals surface area contributed by atoms with Gasteiger partial charge in [-0.2, -0.15) is 4.98 Å². The number of aromatic nitrogens is 5. The van der Waals surface area contributed by atoms with E-state index in [1.165, 1.54) is 11.8 Å². The summed E-state index contributed by atoms with van der Waals surface area (Å²) in [7, 11) is 3.22. The fourth-order valence-electron chi connectivity index (χ4n) is 2.20. The van der Waals surface area contributed by atoms with E-state index in [2.05, 4.69) is 25.3 Å². The van der Waals surface area contributed by atoms with E-state index < -0.39 is 0 Å². The second-order valence-corrected chi connectivity index (χ2v) is 6.50. The Hall–Kier alpha value is -2.55. The highest BCUT2D eigenvalue weighted by molar-refractivity contribution is 7.99. The van der Waals surface area contributed by atoms with E-state index in [0.717, 1.165) is 12.0 Å². The van der Waals surface area contributed by atoms with Gasteiger partial charge in [0, 0.05) is 12.5 Å². The number of ether oxygens (including phenoxy) is 2. The van der Waals surface area contributed by atoms with E-state index in [4.69, 9.17) is 14.0 Å². The standard InChI is InChI=1S/C16H19N5O3S/c1-5-13-17-15(24-21-13)9(2)25-16-18-14(19-20-16)11-7-6-10(22-3)8-12(11)23-4/h6-9H,5H2,1-4H3,(H,18,19,20)/t9-/m1/s1. The summed E-state index contributed by atoms with van der Waals surface area (Å²) in [6.45, 7) is 3.96. The number of hydrogen-bond donors (Lipinski definition) is 1. The lowest BCUT2D eigenvalue weighted by Gasteiger charge is -2.07. The fourth-order valence-corrected chi connectivity index (χ4v) is 2.95. The molecule has 0 saturated heterocycles. The summed E-state index contributed by atoms with van der Waals surface area (Å²) in [6, 6.07) is 5.53. The molecular weight excluding hydrogens is 342 g/mol. The molecule has 3 aromatic rings. The summed E-state index contributed by atoms with van der Waals surface area (Å²) in [4.78, 5) is 8.86. The minimum absolute atomic E-state index is 0.0470. The van der Waals surface area contributed by atoms with Gasteiger partial charge in [0.1, 0.15) is 11.5 Å². The second kappa shape index (κ2) is 7.56. The molecule has 0 unspecified atom stereocenters. The van der Waals surface area contributed by atoms with Crippen LogP contribution in [0.3, 0.4) is 0 Å². The fraction of sp³-hybridized carbons (Fsp3) is 0.375. The van der Waals surface area contributed by atoms with E-state index in [9.17, 15) is 0 Å². The zero-order chi connectivity index (χ0) is 17.8. The molecule has 0 aliphatic carbocycles. The number of benzene rings is 1. The monoisotopic (exact) mass is 361 g/mol. The van der Waals surface area contributed by atoms with Gasteiger partial charge in [0.15, 0.2) is 11.6 Å². The van der Waals surface area contributed by atoms with Crippen molar-refractivity contribution >= 4 is 11.8 Å². The van der Waals surface area contributed by atoms with Crippen LogP contribution in [0.5, 0.6) is 11.5 Å². The first-order valence-electron chi connectivity index (χ1n) is 7.78. The zero-order valence-electron chi connectivity index (χ0n) is 14.4. The lowest BCUT2D eigenvalue weighted by atomic mass is 10.2. The van der Waals surface area contributed by atoms with Crippen molar-refractivity contribution < 1.29 is 14.0 Å². The molecular formula is C16H19N5O3S. The predicted octanol–water partition coefficient (Wildman–Crippen LogP) is 3.29. The van der Waals surface area contributed by atoms with Crippen molar-refractivity contribution in [2.24, 2.45) is 0 Å². The summed E-state index contributed by atoms with van der Waals surface area (Å²) in [5.41, 5.74) is 0.807. The molecule has 132 valence electrons. The van der Waals surface area contributed by atoms with Crippen molar-refractivity contribution in [2.45, 2.75) is 30.7 Å². The highest BCUT2D eigenvalue weighted by atomic mass is 32.2. The Balaban J connectivity index is 1.78. The van der Waals surface area contributed by atoms with Crippen LogP contribution in [-0.2, 0) is 6.42 Å². The predicted molar refractivity (Wildman–Crippen MR) is 92.9 cm³/mol. The lowest BCUT2D eigenvalue weighted by Crippen LogP contribution is -1.92. The molecule has 1 atom stereocenters. The average molecular weight is 361 g/mol. The first-order valence-corrected chi connectivity index (χ1v) is 8.66. The number of nitrogens with one attached hydrogen (secondary N) is 1. The van der Waals surface area contributed by atoms with E-state index in [-0.39, 0.29) is 5.25 Å². The van der Waals surface area contributed by atoms with Crippen LogP contribution in [0.15, 0.2) is 27.9 Å². The van der Waals surface area contributed by atoms with Gasteiger partial charge in [-0.05, 0) is 19.1 Å². The van der Waals surface area contributed by atoms with Crippen LogP contribution in [0.2, 0.25) is 0 Å². The van der Waals surface area contributed by atoms with Crippen molar-refractivity contribution in [3.05, 3.63) is 29.9 Å². The minimum Gasteiger partial charge on any atom is -0.497 e. The van der Waals surface area contributed by atoms with Gasteiger partial charge in [0.2, 0.25) is 11.0 Å². The topological polar surface area (TPSA) is 99.0 Å². The smallest absolute Gasteiger partial charge is 0.239 e. The zero-order valence-corrected chi connectivity index (χ0v) is 15.3. The average Bonchev–Trinajstić information content (AvgIpc) is 3.30. The van der Waals surface area contributed by atoms with Crippen LogP contribution in [0.4, 0.5) is 0 Å². The van der Waals surface area contributed by atoms with Gasteiger partial charge >= 0.3 is 0 Å². The summed E-state index contributed by atoms with van der Waals surface area (Å²) < 4.78 is 15.9. The minimum atomic E-state index is -0.0470. The van der Waals surface area contributed by atoms with Gasteiger partial charge in [0.25, 0.3) is 0 Å². The molecule has 0 fully saturated rings. The third-order valence-electron chi connectivity index (χ3n) is 3.56. The molecule has 2 heterocycles. The first-order chi connectivity index (χ1) is 12.1. The van der Waals surface area contributed by atoms with Crippen molar-refractivity contribution in [2.75, 3.05) is 14.2 Å². The number of aromatic amines is 1. The number of thioether (sulfide) groups is 1. The third kappa shape index (κ3) is 3.76. The van der Waals surface area contributed by atoms with E-state index in [0.29, 0.717) is 34.2 Å². The molecule has 0 bridgehead atoms. The number of rotatable bonds is 7. The number of nitrogens with zero attached hydrogens (tertiary/aromatic N) is 4. The normalized spacial score (nSPS) is 12.2. The third-order valence-corrected chi connectivity index (χ3v) is 4.51. The van der Waals surface area contributed by atoms with Crippen molar-refractivity contribution in [3.63, 3.8) is 0 Å². The highest BCUT2D eigenvalue weighted by Crippen LogP contribution is 2.35. The van der Waals surface area contributed by atoms with Gasteiger partial charge in [0.05, 0.1) is 25.0 Å². The Kier molecular flexibility index (Phi) is 5.22. The number of methoxy groups -OCH3 is 2. The molecule has 1 aromatic carbocycles. The number of aryl methyl sites for hydroxylation is 1. The quantitative estimate of drug-likeness (QED) is 0.640. The summed E-state index contributed by atoms with van der Waals surface area (Å²) in [6.07, 6.45) is 0.739. The van der Waals surface area contributed by atoms with Crippen molar-refractivity contribution in [1.29, 1.82) is 0 Å². The number of hydrogen-bond acceptors (Lipinski definition) is 8. The largest absolute Gasteiger partial charge is 0.497 e. The van der Waals surface area contributed by atoms with Crippen LogP contribution in [0, 0.1) is 0 Å². The molecule has 0 radical (unpaired) electrons. The van der Waals surface area contributed by atoms with Crippen LogP contribution in [0.1, 0.15) is 30.8 Å². The summed E-state index contributed by atoms with van der Waals surface area (Å²) in [5, 5.41) is 11.7. The van der Waals surface area contributed by atoms with Crippen LogP contribution in [-0.4, -0.2) is 39.5 Å². The maximum absolute atomic E-state index is 5.41. The van der Waals surface area contributed by atoms with E-state index in [1.807, 2.05) is 26.0 Å². The molecule has 0 aliphatic rings. The molecule has 0 aliphatic heterocycles. The Morgan fingerprint density at radius 3 is 2.76 bits per heavy atom. The molecule has 2 aromatic heterocycles. The van der Waals surface area contributed by atoms with Crippen LogP contribution in [0.25, 0.3) is 11.4 Å². The van der Waals surface area contributed by atoms with Gasteiger partial charge in [-0.15, -0.1) is 5.10 Å². The van der Waals surface area contributed by atoms with Gasteiger partial charge in [-0.1, -0.05) is 23.8 Å². The molecule has 1 N–H and O–H groups in total. The molecule has 3 rings (SSSR count). The van der Waals surface area contributed by atoms with Gasteiger partial charge in [-0.25, -0.2) is 4.98 Å². The molecule has 0 amide bonds. The van der Waals surface area contributed by atoms with E-state index in [1.54, 1.807) is 20.3 Å². The highest BCUT2D eigenvalue weighted by Gasteiger charge is 2.19. The maximum atomic E-state index is 5.41. The van der Waals surface area contributed by atoms with Crippen LogP contribution < -0.4 is 9.47 Å². The molecule has 25 heavy (non-hydrogen) atoms. The first kappa shape index (κ1) is 17.3. The Bertz CT molecular complexity index is 848. The summed E-state index contributed by atoms with van der Waals surface area (Å²) >= 11 is 1.44. The van der Waals surface area contributed by atoms with Crippen LogP contribution >= 0.6 is 11.8 Å². The number of H-pyrrole nitrogens is 1. The van der Waals surface area contributed by atoms with Crippen molar-refractivity contribution in [3.8, 4) is 22.9 Å². The SMILES string of the molecule is CCc1noc([C@@H](C)Sc2n[nH]c(-c3ccc(OC)cc3OC)n2)n1. The maximum Gasteiger partial charge on any atom is 0.239 e. The molecule has 0 saturated carbocycles. The molecule has 0 spiro atoms. The molecule has 8 nitrogen and oxygen atoms in total.